The maximum Gasteiger partial charge on any atom is 0.247 e. The second kappa shape index (κ2) is 5.22. The zero-order chi connectivity index (χ0) is 14.1. The van der Waals surface area contributed by atoms with Gasteiger partial charge in [0, 0.05) is 5.75 Å². The van der Waals surface area contributed by atoms with Crippen molar-refractivity contribution in [3.63, 3.8) is 0 Å². The Morgan fingerprint density at radius 3 is 2.75 bits per heavy atom. The average molecular weight is 286 g/mol. The number of nitrogens with zero attached hydrogens (tertiary/aromatic N) is 2. The van der Waals surface area contributed by atoms with Gasteiger partial charge in [-0.15, -0.1) is 18.2 Å². The van der Waals surface area contributed by atoms with Crippen LogP contribution in [-0.4, -0.2) is 46.5 Å². The Morgan fingerprint density at radius 1 is 1.30 bits per heavy atom. The minimum atomic E-state index is -0.375. The van der Waals surface area contributed by atoms with Crippen LogP contribution in [0.15, 0.2) is 30.3 Å². The number of hydrogen-bond donors (Lipinski definition) is 0. The fourth-order valence-corrected chi connectivity index (χ4v) is 4.10. The third kappa shape index (κ3) is 2.06. The van der Waals surface area contributed by atoms with Gasteiger partial charge in [-0.1, -0.05) is 36.3 Å². The summed E-state index contributed by atoms with van der Waals surface area (Å²) in [4.78, 5) is 27.9. The number of thioether (sulfide) groups is 1. The highest BCUT2D eigenvalue weighted by Gasteiger charge is 2.47. The molecule has 2 heterocycles. The number of rotatable bonds is 2. The molecule has 0 aliphatic carbocycles. The molecule has 0 aromatic heterocycles. The molecule has 0 saturated carbocycles. The molecule has 0 radical (unpaired) electrons. The SMILES string of the molecule is C#CCN1CC(=O)N2[C@@H](c3ccccc3)SC[C@H]2C1=O. The molecule has 3 rings (SSSR count). The summed E-state index contributed by atoms with van der Waals surface area (Å²) in [7, 11) is 0. The van der Waals surface area contributed by atoms with E-state index in [9.17, 15) is 9.59 Å². The van der Waals surface area contributed by atoms with Crippen molar-refractivity contribution in [3.8, 4) is 12.3 Å². The lowest BCUT2D eigenvalue weighted by atomic mass is 10.1. The van der Waals surface area contributed by atoms with Gasteiger partial charge in [-0.25, -0.2) is 0 Å². The summed E-state index contributed by atoms with van der Waals surface area (Å²) >= 11 is 1.63. The zero-order valence-corrected chi connectivity index (χ0v) is 11.7. The predicted molar refractivity (Wildman–Crippen MR) is 77.7 cm³/mol. The smallest absolute Gasteiger partial charge is 0.247 e. The fourth-order valence-electron chi connectivity index (χ4n) is 2.65. The van der Waals surface area contributed by atoms with E-state index < -0.39 is 0 Å². The molecule has 1 aromatic carbocycles. The standard InChI is InChI=1S/C15H14N2O2S/c1-2-8-16-9-13(18)17-12(14(16)19)10-20-15(17)11-6-4-3-5-7-11/h1,3-7,12,15H,8-10H2/t12-,15+/m0/s1. The molecule has 2 atom stereocenters. The number of fused-ring (bicyclic) bond motifs is 1. The van der Waals surface area contributed by atoms with Crippen molar-refractivity contribution in [2.75, 3.05) is 18.8 Å². The van der Waals surface area contributed by atoms with Gasteiger partial charge in [-0.05, 0) is 5.56 Å². The lowest BCUT2D eigenvalue weighted by Crippen LogP contribution is -2.58. The highest BCUT2D eigenvalue weighted by Crippen LogP contribution is 2.43. The van der Waals surface area contributed by atoms with Gasteiger partial charge in [0.15, 0.2) is 0 Å². The Labute approximate surface area is 122 Å². The molecule has 0 unspecified atom stereocenters. The van der Waals surface area contributed by atoms with Crippen LogP contribution in [0.25, 0.3) is 0 Å². The predicted octanol–water partition coefficient (Wildman–Crippen LogP) is 1.10. The molecule has 2 fully saturated rings. The highest BCUT2D eigenvalue weighted by molar-refractivity contribution is 7.99. The van der Waals surface area contributed by atoms with Crippen molar-refractivity contribution in [1.82, 2.24) is 9.80 Å². The summed E-state index contributed by atoms with van der Waals surface area (Å²) in [5.74, 6) is 3.01. The molecule has 0 spiro atoms. The molecule has 0 N–H and O–H groups in total. The molecule has 1 aromatic rings. The number of carbonyl (C=O) groups is 2. The number of hydrogen-bond acceptors (Lipinski definition) is 3. The minimum Gasteiger partial charge on any atom is -0.320 e. The van der Waals surface area contributed by atoms with Crippen molar-refractivity contribution in [2.45, 2.75) is 11.4 Å². The third-order valence-electron chi connectivity index (χ3n) is 3.58. The van der Waals surface area contributed by atoms with Crippen LogP contribution < -0.4 is 0 Å². The molecule has 0 bridgehead atoms. The Bertz CT molecular complexity index is 581. The molecule has 5 heteroatoms. The number of piperazine rings is 1. The molecule has 2 aliphatic rings. The summed E-state index contributed by atoms with van der Waals surface area (Å²) in [6, 6.07) is 9.45. The maximum atomic E-state index is 12.3. The van der Waals surface area contributed by atoms with Crippen LogP contribution in [0.3, 0.4) is 0 Å². The lowest BCUT2D eigenvalue weighted by molar-refractivity contribution is -0.154. The molecule has 102 valence electrons. The molecular weight excluding hydrogens is 272 g/mol. The topological polar surface area (TPSA) is 40.6 Å². The quantitative estimate of drug-likeness (QED) is 0.765. The summed E-state index contributed by atoms with van der Waals surface area (Å²) in [6.07, 6.45) is 5.25. The van der Waals surface area contributed by atoms with E-state index in [1.165, 1.54) is 4.90 Å². The Balaban J connectivity index is 1.87. The van der Waals surface area contributed by atoms with Crippen LogP contribution in [0, 0.1) is 12.3 Å². The number of terminal acetylenes is 1. The van der Waals surface area contributed by atoms with E-state index in [1.54, 1.807) is 16.7 Å². The number of amides is 2. The highest BCUT2D eigenvalue weighted by atomic mass is 32.2. The molecule has 2 saturated heterocycles. The van der Waals surface area contributed by atoms with Gasteiger partial charge in [0.05, 0.1) is 6.54 Å². The minimum absolute atomic E-state index is 0.0243. The van der Waals surface area contributed by atoms with Gasteiger partial charge in [-0.3, -0.25) is 9.59 Å². The Kier molecular flexibility index (Phi) is 3.41. The maximum absolute atomic E-state index is 12.3. The average Bonchev–Trinajstić information content (AvgIpc) is 2.91. The van der Waals surface area contributed by atoms with Crippen LogP contribution in [-0.2, 0) is 9.59 Å². The van der Waals surface area contributed by atoms with Gasteiger partial charge in [0.25, 0.3) is 0 Å². The van der Waals surface area contributed by atoms with Crippen LogP contribution in [0.1, 0.15) is 10.9 Å². The molecule has 2 aliphatic heterocycles. The summed E-state index contributed by atoms with van der Waals surface area (Å²) in [6.45, 7) is 0.291. The van der Waals surface area contributed by atoms with Crippen LogP contribution in [0.5, 0.6) is 0 Å². The van der Waals surface area contributed by atoms with Crippen molar-refractivity contribution >= 4 is 23.6 Å². The summed E-state index contributed by atoms with van der Waals surface area (Å²) < 4.78 is 0. The second-order valence-electron chi connectivity index (χ2n) is 4.81. The Morgan fingerprint density at radius 2 is 2.05 bits per heavy atom. The third-order valence-corrected chi connectivity index (χ3v) is 4.90. The summed E-state index contributed by atoms with van der Waals surface area (Å²) in [5.41, 5.74) is 1.06. The van der Waals surface area contributed by atoms with Gasteiger partial charge in [0.2, 0.25) is 11.8 Å². The first-order valence-corrected chi connectivity index (χ1v) is 7.47. The van der Waals surface area contributed by atoms with Gasteiger partial charge < -0.3 is 9.80 Å². The lowest BCUT2D eigenvalue weighted by Gasteiger charge is -2.37. The van der Waals surface area contributed by atoms with E-state index in [-0.39, 0.29) is 36.3 Å². The fraction of sp³-hybridized carbons (Fsp3) is 0.333. The van der Waals surface area contributed by atoms with Crippen molar-refractivity contribution in [1.29, 1.82) is 0 Å². The first-order chi connectivity index (χ1) is 9.72. The largest absolute Gasteiger partial charge is 0.320 e. The van der Waals surface area contributed by atoms with Crippen LogP contribution in [0.2, 0.25) is 0 Å². The number of carbonyl (C=O) groups excluding carboxylic acids is 2. The molecule has 20 heavy (non-hydrogen) atoms. The first-order valence-electron chi connectivity index (χ1n) is 6.42. The van der Waals surface area contributed by atoms with Gasteiger partial charge >= 0.3 is 0 Å². The monoisotopic (exact) mass is 286 g/mol. The van der Waals surface area contributed by atoms with E-state index >= 15 is 0 Å². The van der Waals surface area contributed by atoms with Crippen LogP contribution in [0.4, 0.5) is 0 Å². The van der Waals surface area contributed by atoms with E-state index in [0.717, 1.165) is 5.56 Å². The van der Waals surface area contributed by atoms with Gasteiger partial charge in [-0.2, -0.15) is 0 Å². The van der Waals surface area contributed by atoms with E-state index in [0.29, 0.717) is 5.75 Å². The van der Waals surface area contributed by atoms with Crippen molar-refractivity contribution in [2.24, 2.45) is 0 Å². The molecule has 4 nitrogen and oxygen atoms in total. The Hall–Kier alpha value is -1.93. The van der Waals surface area contributed by atoms with Crippen molar-refractivity contribution < 1.29 is 9.59 Å². The van der Waals surface area contributed by atoms with E-state index in [1.807, 2.05) is 30.3 Å². The van der Waals surface area contributed by atoms with E-state index in [4.69, 9.17) is 6.42 Å². The van der Waals surface area contributed by atoms with Crippen LogP contribution >= 0.6 is 11.8 Å². The molecule has 2 amide bonds. The van der Waals surface area contributed by atoms with Gasteiger partial charge in [0.1, 0.15) is 18.0 Å². The second-order valence-corrected chi connectivity index (χ2v) is 5.92. The van der Waals surface area contributed by atoms with E-state index in [2.05, 4.69) is 5.92 Å². The van der Waals surface area contributed by atoms with Crippen molar-refractivity contribution in [3.05, 3.63) is 35.9 Å². The first kappa shape index (κ1) is 13.1. The molecular formula is C15H14N2O2S. The number of benzene rings is 1. The zero-order valence-electron chi connectivity index (χ0n) is 10.9. The summed E-state index contributed by atoms with van der Waals surface area (Å²) in [5, 5.41) is -0.0642. The normalized spacial score (nSPS) is 25.6.